The highest BCUT2D eigenvalue weighted by Crippen LogP contribution is 2.49. The van der Waals surface area contributed by atoms with Gasteiger partial charge in [0.15, 0.2) is 0 Å². The summed E-state index contributed by atoms with van der Waals surface area (Å²) in [5.41, 5.74) is 1.59. The predicted molar refractivity (Wildman–Crippen MR) is 99.9 cm³/mol. The molecule has 3 heteroatoms. The number of ether oxygens (including phenoxy) is 1. The first kappa shape index (κ1) is 17.7. The zero-order valence-electron chi connectivity index (χ0n) is 15.3. The van der Waals surface area contributed by atoms with E-state index in [2.05, 4.69) is 31.2 Å². The van der Waals surface area contributed by atoms with Gasteiger partial charge in [0.25, 0.3) is 0 Å². The first-order chi connectivity index (χ1) is 12.0. The van der Waals surface area contributed by atoms with Gasteiger partial charge in [-0.25, -0.2) is 0 Å². The lowest BCUT2D eigenvalue weighted by Gasteiger charge is -2.34. The molecule has 0 radical (unpaired) electrons. The molecule has 1 fully saturated rings. The van der Waals surface area contributed by atoms with Gasteiger partial charge in [0, 0.05) is 6.42 Å². The van der Waals surface area contributed by atoms with Crippen molar-refractivity contribution in [3.8, 4) is 0 Å². The van der Waals surface area contributed by atoms with Gasteiger partial charge in [-0.05, 0) is 31.4 Å². The molecule has 2 aromatic rings. The average Bonchev–Trinajstić information content (AvgIpc) is 2.92. The van der Waals surface area contributed by atoms with Crippen molar-refractivity contribution in [2.24, 2.45) is 0 Å². The molecule has 0 bridgehead atoms. The average molecular weight is 337 g/mol. The van der Waals surface area contributed by atoms with Crippen molar-refractivity contribution in [3.05, 3.63) is 71.8 Å². The van der Waals surface area contributed by atoms with E-state index >= 15 is 0 Å². The monoisotopic (exact) mass is 337 g/mol. The molecule has 1 saturated heterocycles. The predicted octanol–water partition coefficient (Wildman–Crippen LogP) is 5.25. The van der Waals surface area contributed by atoms with Gasteiger partial charge < -0.3 is 9.64 Å². The van der Waals surface area contributed by atoms with Gasteiger partial charge in [0.2, 0.25) is 5.91 Å². The van der Waals surface area contributed by atoms with Crippen molar-refractivity contribution < 1.29 is 9.53 Å². The zero-order chi connectivity index (χ0) is 17.9. The largest absolute Gasteiger partial charge is 0.346 e. The number of nitrogens with zero attached hydrogens (tertiary/aromatic N) is 1. The lowest BCUT2D eigenvalue weighted by Crippen LogP contribution is -2.44. The maximum atomic E-state index is 13.0. The van der Waals surface area contributed by atoms with Gasteiger partial charge in [-0.1, -0.05) is 74.0 Å². The Hall–Kier alpha value is -2.13. The van der Waals surface area contributed by atoms with Crippen molar-refractivity contribution in [2.75, 3.05) is 0 Å². The number of benzene rings is 2. The second-order valence-electron chi connectivity index (χ2n) is 7.12. The fraction of sp³-hybridized carbons (Fsp3) is 0.409. The second-order valence-corrected chi connectivity index (χ2v) is 7.12. The molecular weight excluding hydrogens is 310 g/mol. The van der Waals surface area contributed by atoms with E-state index in [1.807, 2.05) is 55.1 Å². The van der Waals surface area contributed by atoms with Gasteiger partial charge in [0.1, 0.15) is 11.8 Å². The Morgan fingerprint density at radius 2 is 1.56 bits per heavy atom. The molecule has 25 heavy (non-hydrogen) atoms. The van der Waals surface area contributed by atoms with Crippen LogP contribution in [0.5, 0.6) is 0 Å². The van der Waals surface area contributed by atoms with Crippen LogP contribution in [0.4, 0.5) is 0 Å². The molecule has 2 atom stereocenters. The van der Waals surface area contributed by atoms with E-state index in [9.17, 15) is 4.79 Å². The van der Waals surface area contributed by atoms with Gasteiger partial charge in [0.05, 0.1) is 6.04 Å². The van der Waals surface area contributed by atoms with E-state index in [-0.39, 0.29) is 18.1 Å². The van der Waals surface area contributed by atoms with E-state index in [0.29, 0.717) is 6.42 Å². The third kappa shape index (κ3) is 3.62. The Bertz CT molecular complexity index is 696. The van der Waals surface area contributed by atoms with Crippen LogP contribution in [0, 0.1) is 0 Å². The van der Waals surface area contributed by atoms with E-state index < -0.39 is 5.72 Å². The summed E-state index contributed by atoms with van der Waals surface area (Å²) in [6, 6.07) is 20.3. The summed E-state index contributed by atoms with van der Waals surface area (Å²) in [4.78, 5) is 15.0. The second kappa shape index (κ2) is 7.40. The Labute approximate surface area is 150 Å². The Kier molecular flexibility index (Phi) is 5.24. The van der Waals surface area contributed by atoms with E-state index in [4.69, 9.17) is 4.74 Å². The summed E-state index contributed by atoms with van der Waals surface area (Å²) in [5, 5.41) is 0. The number of hydrogen-bond acceptors (Lipinski definition) is 2. The van der Waals surface area contributed by atoms with Crippen LogP contribution in [0.2, 0.25) is 0 Å². The first-order valence-electron chi connectivity index (χ1n) is 9.14. The van der Waals surface area contributed by atoms with Crippen LogP contribution in [0.25, 0.3) is 0 Å². The van der Waals surface area contributed by atoms with Gasteiger partial charge >= 0.3 is 0 Å². The minimum Gasteiger partial charge on any atom is -0.346 e. The maximum absolute atomic E-state index is 13.0. The number of hydrogen-bond donors (Lipinski definition) is 0. The number of unbranched alkanes of at least 4 members (excludes halogenated alkanes) is 1. The summed E-state index contributed by atoms with van der Waals surface area (Å²) in [6.07, 6.45) is 2.32. The molecule has 2 aromatic carbocycles. The number of rotatable bonds is 5. The van der Waals surface area contributed by atoms with Crippen LogP contribution in [-0.2, 0) is 9.53 Å². The zero-order valence-corrected chi connectivity index (χ0v) is 15.3. The molecule has 0 unspecified atom stereocenters. The third-order valence-electron chi connectivity index (χ3n) is 4.84. The van der Waals surface area contributed by atoms with E-state index in [1.54, 1.807) is 0 Å². The topological polar surface area (TPSA) is 29.5 Å². The van der Waals surface area contributed by atoms with Gasteiger partial charge in [-0.2, -0.15) is 0 Å². The van der Waals surface area contributed by atoms with Crippen LogP contribution >= 0.6 is 0 Å². The first-order valence-corrected chi connectivity index (χ1v) is 9.14. The molecular formula is C22H27NO2. The highest BCUT2D eigenvalue weighted by molar-refractivity contribution is 5.78. The quantitative estimate of drug-likeness (QED) is 0.745. The van der Waals surface area contributed by atoms with Crippen molar-refractivity contribution in [1.29, 1.82) is 0 Å². The number of amides is 1. The lowest BCUT2D eigenvalue weighted by atomic mass is 9.94. The standard InChI is InChI=1S/C22H27NO2/c1-4-5-16-19(24)23-20(17-12-8-6-9-13-17)21(25-22(23,2)3)18-14-10-7-11-15-18/h6-15,20-21H,4-5,16H2,1-3H3/t20-,21+/m1/s1. The molecule has 0 spiro atoms. The molecule has 1 aliphatic rings. The molecule has 1 amide bonds. The molecule has 0 N–H and O–H groups in total. The third-order valence-corrected chi connectivity index (χ3v) is 4.84. The highest BCUT2D eigenvalue weighted by Gasteiger charge is 2.50. The fourth-order valence-corrected chi connectivity index (χ4v) is 3.67. The highest BCUT2D eigenvalue weighted by atomic mass is 16.5. The summed E-state index contributed by atoms with van der Waals surface area (Å²) in [7, 11) is 0. The van der Waals surface area contributed by atoms with Crippen LogP contribution in [0.1, 0.15) is 63.3 Å². The molecule has 0 aliphatic carbocycles. The van der Waals surface area contributed by atoms with Crippen molar-refractivity contribution in [2.45, 2.75) is 57.9 Å². The SMILES string of the molecule is CCCCC(=O)N1[C@H](c2ccccc2)[C@H](c2ccccc2)OC1(C)C. The van der Waals surface area contributed by atoms with Crippen LogP contribution in [-0.4, -0.2) is 16.5 Å². The Morgan fingerprint density at radius 3 is 2.12 bits per heavy atom. The lowest BCUT2D eigenvalue weighted by molar-refractivity contribution is -0.147. The fourth-order valence-electron chi connectivity index (χ4n) is 3.67. The number of carbonyl (C=O) groups is 1. The summed E-state index contributed by atoms with van der Waals surface area (Å²) in [5.74, 6) is 0.166. The molecule has 0 aromatic heterocycles. The minimum atomic E-state index is -0.633. The number of carbonyl (C=O) groups excluding carboxylic acids is 1. The van der Waals surface area contributed by atoms with Gasteiger partial charge in [-0.3, -0.25) is 4.79 Å². The summed E-state index contributed by atoms with van der Waals surface area (Å²) >= 11 is 0. The Balaban J connectivity index is 2.03. The van der Waals surface area contributed by atoms with Crippen LogP contribution in [0.3, 0.4) is 0 Å². The molecule has 1 aliphatic heterocycles. The normalized spacial score (nSPS) is 22.1. The van der Waals surface area contributed by atoms with E-state index in [1.165, 1.54) is 0 Å². The molecule has 3 nitrogen and oxygen atoms in total. The van der Waals surface area contributed by atoms with Crippen molar-refractivity contribution >= 4 is 5.91 Å². The molecule has 132 valence electrons. The van der Waals surface area contributed by atoms with E-state index in [0.717, 1.165) is 24.0 Å². The summed E-state index contributed by atoms with van der Waals surface area (Å²) in [6.45, 7) is 6.10. The summed E-state index contributed by atoms with van der Waals surface area (Å²) < 4.78 is 6.42. The van der Waals surface area contributed by atoms with Gasteiger partial charge in [-0.15, -0.1) is 0 Å². The molecule has 3 rings (SSSR count). The van der Waals surface area contributed by atoms with Crippen LogP contribution < -0.4 is 0 Å². The van der Waals surface area contributed by atoms with Crippen molar-refractivity contribution in [3.63, 3.8) is 0 Å². The smallest absolute Gasteiger partial charge is 0.225 e. The molecule has 1 heterocycles. The maximum Gasteiger partial charge on any atom is 0.225 e. The minimum absolute atomic E-state index is 0.108. The molecule has 0 saturated carbocycles. The van der Waals surface area contributed by atoms with Crippen LogP contribution in [0.15, 0.2) is 60.7 Å². The van der Waals surface area contributed by atoms with Crippen molar-refractivity contribution in [1.82, 2.24) is 4.90 Å². The Morgan fingerprint density at radius 1 is 1.00 bits per heavy atom.